The van der Waals surface area contributed by atoms with Gasteiger partial charge in [-0.1, -0.05) is 23.4 Å². The molecular weight excluding hydrogens is 273 g/mol. The molecule has 2 aromatic heterocycles. The van der Waals surface area contributed by atoms with E-state index in [4.69, 9.17) is 4.52 Å². The van der Waals surface area contributed by atoms with Crippen LogP contribution in [0.4, 0.5) is 4.39 Å². The van der Waals surface area contributed by atoms with Crippen LogP contribution in [0.5, 0.6) is 0 Å². The lowest BCUT2D eigenvalue weighted by molar-refractivity contribution is 0.375. The molecule has 1 aromatic carbocycles. The molecule has 0 atom stereocenters. The molecule has 0 saturated heterocycles. The topological polar surface area (TPSA) is 60.9 Å². The molecule has 0 aliphatic carbocycles. The number of hydrogen-bond acceptors (Lipinski definition) is 4. The fourth-order valence-corrected chi connectivity index (χ4v) is 2.02. The maximum Gasteiger partial charge on any atom is 0.441 e. The molecule has 21 heavy (non-hydrogen) atoms. The van der Waals surface area contributed by atoms with Gasteiger partial charge in [-0.05, 0) is 29.8 Å². The Kier molecular flexibility index (Phi) is 3.59. The van der Waals surface area contributed by atoms with Gasteiger partial charge in [0.25, 0.3) is 0 Å². The molecule has 0 unspecified atom stereocenters. The Labute approximate surface area is 119 Å². The van der Waals surface area contributed by atoms with Crippen LogP contribution >= 0.6 is 0 Å². The molecule has 0 amide bonds. The number of pyridine rings is 1. The van der Waals surface area contributed by atoms with Gasteiger partial charge in [-0.2, -0.15) is 0 Å². The monoisotopic (exact) mass is 285 g/mol. The third-order valence-corrected chi connectivity index (χ3v) is 3.08. The standard InChI is InChI=1S/C15H12FN3O2/c16-12-6-4-11(5-7-12)9-14-18-21-15(20)19(14)10-13-3-1-2-8-17-13/h1-8H,9-10H2. The Morgan fingerprint density at radius 3 is 2.67 bits per heavy atom. The normalized spacial score (nSPS) is 10.7. The first-order valence-electron chi connectivity index (χ1n) is 6.42. The molecule has 0 N–H and O–H groups in total. The number of benzene rings is 1. The number of halogens is 1. The Morgan fingerprint density at radius 2 is 1.95 bits per heavy atom. The lowest BCUT2D eigenvalue weighted by Crippen LogP contribution is -2.18. The van der Waals surface area contributed by atoms with Gasteiger partial charge >= 0.3 is 5.76 Å². The highest BCUT2D eigenvalue weighted by Gasteiger charge is 2.12. The van der Waals surface area contributed by atoms with Crippen LogP contribution in [-0.2, 0) is 13.0 Å². The summed E-state index contributed by atoms with van der Waals surface area (Å²) in [7, 11) is 0. The Bertz CT molecular complexity index is 779. The average Bonchev–Trinajstić information content (AvgIpc) is 2.84. The number of rotatable bonds is 4. The van der Waals surface area contributed by atoms with Crippen LogP contribution in [0.3, 0.4) is 0 Å². The Morgan fingerprint density at radius 1 is 1.14 bits per heavy atom. The van der Waals surface area contributed by atoms with Crippen molar-refractivity contribution in [3.05, 3.63) is 82.1 Å². The van der Waals surface area contributed by atoms with Gasteiger partial charge in [0.15, 0.2) is 5.82 Å². The first kappa shape index (κ1) is 13.2. The van der Waals surface area contributed by atoms with Crippen LogP contribution in [0.25, 0.3) is 0 Å². The van der Waals surface area contributed by atoms with E-state index in [1.165, 1.54) is 16.7 Å². The van der Waals surface area contributed by atoms with Crippen LogP contribution in [0.2, 0.25) is 0 Å². The van der Waals surface area contributed by atoms with Crippen molar-refractivity contribution in [2.45, 2.75) is 13.0 Å². The minimum absolute atomic E-state index is 0.291. The molecule has 0 spiro atoms. The van der Waals surface area contributed by atoms with E-state index in [1.54, 1.807) is 24.4 Å². The lowest BCUT2D eigenvalue weighted by atomic mass is 10.1. The predicted molar refractivity (Wildman–Crippen MR) is 73.3 cm³/mol. The van der Waals surface area contributed by atoms with E-state index in [0.717, 1.165) is 11.3 Å². The number of hydrogen-bond donors (Lipinski definition) is 0. The Hall–Kier alpha value is -2.76. The zero-order chi connectivity index (χ0) is 14.7. The highest BCUT2D eigenvalue weighted by atomic mass is 19.1. The first-order valence-corrected chi connectivity index (χ1v) is 6.42. The first-order chi connectivity index (χ1) is 10.2. The highest BCUT2D eigenvalue weighted by molar-refractivity contribution is 5.20. The van der Waals surface area contributed by atoms with Gasteiger partial charge < -0.3 is 0 Å². The van der Waals surface area contributed by atoms with Crippen LogP contribution in [0.15, 0.2) is 58.0 Å². The van der Waals surface area contributed by atoms with Crippen molar-refractivity contribution in [2.24, 2.45) is 0 Å². The second-order valence-corrected chi connectivity index (χ2v) is 4.58. The van der Waals surface area contributed by atoms with E-state index in [-0.39, 0.29) is 5.82 Å². The van der Waals surface area contributed by atoms with Crippen molar-refractivity contribution < 1.29 is 8.91 Å². The van der Waals surface area contributed by atoms with Crippen molar-refractivity contribution in [1.29, 1.82) is 0 Å². The maximum atomic E-state index is 12.9. The van der Waals surface area contributed by atoms with Crippen LogP contribution in [0.1, 0.15) is 17.1 Å². The molecule has 106 valence electrons. The van der Waals surface area contributed by atoms with Gasteiger partial charge in [0.05, 0.1) is 12.2 Å². The van der Waals surface area contributed by atoms with Crippen molar-refractivity contribution in [2.75, 3.05) is 0 Å². The van der Waals surface area contributed by atoms with E-state index in [0.29, 0.717) is 18.8 Å². The lowest BCUT2D eigenvalue weighted by Gasteiger charge is -2.04. The smallest absolute Gasteiger partial charge is 0.296 e. The number of nitrogens with zero attached hydrogens (tertiary/aromatic N) is 3. The van der Waals surface area contributed by atoms with Gasteiger partial charge in [-0.15, -0.1) is 0 Å². The molecule has 0 aliphatic rings. The molecular formula is C15H12FN3O2. The minimum atomic E-state index is -0.530. The van der Waals surface area contributed by atoms with Gasteiger partial charge in [0.1, 0.15) is 5.82 Å². The summed E-state index contributed by atoms with van der Waals surface area (Å²) in [5.74, 6) is -0.347. The Balaban J connectivity index is 1.87. The van der Waals surface area contributed by atoms with E-state index in [1.807, 2.05) is 12.1 Å². The number of aromatic nitrogens is 3. The molecule has 0 bridgehead atoms. The predicted octanol–water partition coefficient (Wildman–Crippen LogP) is 2.01. The quantitative estimate of drug-likeness (QED) is 0.735. The summed E-state index contributed by atoms with van der Waals surface area (Å²) >= 11 is 0. The summed E-state index contributed by atoms with van der Waals surface area (Å²) in [4.78, 5) is 15.9. The van der Waals surface area contributed by atoms with Crippen LogP contribution in [0, 0.1) is 5.82 Å². The third kappa shape index (κ3) is 3.05. The summed E-state index contributed by atoms with van der Waals surface area (Å²) in [6.07, 6.45) is 2.05. The molecule has 0 fully saturated rings. The van der Waals surface area contributed by atoms with Crippen molar-refractivity contribution >= 4 is 0 Å². The van der Waals surface area contributed by atoms with Crippen molar-refractivity contribution in [3.63, 3.8) is 0 Å². The molecule has 2 heterocycles. The molecule has 0 radical (unpaired) electrons. The molecule has 5 nitrogen and oxygen atoms in total. The van der Waals surface area contributed by atoms with Gasteiger partial charge in [-0.3, -0.25) is 14.1 Å². The molecule has 6 heteroatoms. The fourth-order valence-electron chi connectivity index (χ4n) is 2.02. The molecule has 0 aliphatic heterocycles. The zero-order valence-electron chi connectivity index (χ0n) is 11.1. The van der Waals surface area contributed by atoms with E-state index >= 15 is 0 Å². The highest BCUT2D eigenvalue weighted by Crippen LogP contribution is 2.09. The maximum absolute atomic E-state index is 12.9. The van der Waals surface area contributed by atoms with Gasteiger partial charge in [-0.25, -0.2) is 9.18 Å². The molecule has 3 aromatic rings. The van der Waals surface area contributed by atoms with Crippen LogP contribution < -0.4 is 5.76 Å². The van der Waals surface area contributed by atoms with Gasteiger partial charge in [0.2, 0.25) is 0 Å². The minimum Gasteiger partial charge on any atom is -0.296 e. The largest absolute Gasteiger partial charge is 0.441 e. The second-order valence-electron chi connectivity index (χ2n) is 4.58. The average molecular weight is 285 g/mol. The van der Waals surface area contributed by atoms with E-state index in [9.17, 15) is 9.18 Å². The summed E-state index contributed by atoms with van der Waals surface area (Å²) in [6, 6.07) is 11.5. The van der Waals surface area contributed by atoms with E-state index in [2.05, 4.69) is 10.1 Å². The molecule has 0 saturated carbocycles. The zero-order valence-corrected chi connectivity index (χ0v) is 11.1. The molecule has 3 rings (SSSR count). The summed E-state index contributed by atoms with van der Waals surface area (Å²) in [5.41, 5.74) is 1.59. The van der Waals surface area contributed by atoms with Gasteiger partial charge in [0, 0.05) is 12.6 Å². The van der Waals surface area contributed by atoms with Crippen molar-refractivity contribution in [3.8, 4) is 0 Å². The third-order valence-electron chi connectivity index (χ3n) is 3.08. The van der Waals surface area contributed by atoms with E-state index < -0.39 is 5.76 Å². The fraction of sp³-hybridized carbons (Fsp3) is 0.133. The summed E-state index contributed by atoms with van der Waals surface area (Å²) in [6.45, 7) is 0.291. The second kappa shape index (κ2) is 5.70. The van der Waals surface area contributed by atoms with Crippen molar-refractivity contribution in [1.82, 2.24) is 14.7 Å². The summed E-state index contributed by atoms with van der Waals surface area (Å²) < 4.78 is 19.0. The SMILES string of the molecule is O=c1onc(Cc2ccc(F)cc2)n1Cc1ccccn1. The summed E-state index contributed by atoms with van der Waals surface area (Å²) in [5, 5.41) is 3.78. The van der Waals surface area contributed by atoms with Crippen LogP contribution in [-0.4, -0.2) is 14.7 Å².